The molecular formula is C11H12O2. The van der Waals surface area contributed by atoms with Crippen molar-refractivity contribution in [3.05, 3.63) is 42.0 Å². The van der Waals surface area contributed by atoms with Crippen molar-refractivity contribution in [2.75, 3.05) is 7.11 Å². The summed E-state index contributed by atoms with van der Waals surface area (Å²) >= 11 is 0. The van der Waals surface area contributed by atoms with E-state index in [2.05, 4.69) is 6.58 Å². The van der Waals surface area contributed by atoms with Crippen LogP contribution < -0.4 is 0 Å². The summed E-state index contributed by atoms with van der Waals surface area (Å²) < 4.78 is 4.96. The minimum absolute atomic E-state index is 0.0644. The second-order valence-corrected chi connectivity index (χ2v) is 2.76. The van der Waals surface area contributed by atoms with Crippen LogP contribution in [0.1, 0.15) is 22.8 Å². The highest BCUT2D eigenvalue weighted by Crippen LogP contribution is 2.13. The number of hydrogen-bond donors (Lipinski definition) is 0. The van der Waals surface area contributed by atoms with Gasteiger partial charge in [0.1, 0.15) is 5.76 Å². The van der Waals surface area contributed by atoms with Crippen LogP contribution in [0, 0.1) is 0 Å². The van der Waals surface area contributed by atoms with E-state index in [1.165, 1.54) is 0 Å². The molecule has 0 radical (unpaired) electrons. The summed E-state index contributed by atoms with van der Waals surface area (Å²) in [4.78, 5) is 10.9. The smallest absolute Gasteiger partial charge is 0.159 e. The van der Waals surface area contributed by atoms with Gasteiger partial charge in [-0.25, -0.2) is 0 Å². The molecule has 2 heteroatoms. The third-order valence-electron chi connectivity index (χ3n) is 1.86. The number of carbonyl (C=O) groups excluding carboxylic acids is 1. The molecule has 0 fully saturated rings. The SMILES string of the molecule is C=C(OC)c1ccc(C(C)=O)cc1. The van der Waals surface area contributed by atoms with Crippen LogP contribution in [0.15, 0.2) is 30.8 Å². The third-order valence-corrected chi connectivity index (χ3v) is 1.86. The maximum Gasteiger partial charge on any atom is 0.159 e. The minimum Gasteiger partial charge on any atom is -0.497 e. The molecule has 0 heterocycles. The Labute approximate surface area is 77.8 Å². The second kappa shape index (κ2) is 3.90. The maximum absolute atomic E-state index is 10.9. The normalized spacial score (nSPS) is 9.38. The Hall–Kier alpha value is -1.57. The largest absolute Gasteiger partial charge is 0.497 e. The molecule has 1 rings (SSSR count). The standard InChI is InChI=1S/C11H12O2/c1-8(12)10-4-6-11(7-5-10)9(2)13-3/h4-7H,2H2,1,3H3. The number of hydrogen-bond acceptors (Lipinski definition) is 2. The van der Waals surface area contributed by atoms with Crippen molar-refractivity contribution in [1.82, 2.24) is 0 Å². The van der Waals surface area contributed by atoms with Crippen molar-refractivity contribution in [3.8, 4) is 0 Å². The highest BCUT2D eigenvalue weighted by molar-refractivity contribution is 5.94. The van der Waals surface area contributed by atoms with E-state index < -0.39 is 0 Å². The minimum atomic E-state index is 0.0644. The van der Waals surface area contributed by atoms with Crippen LogP contribution in [0.2, 0.25) is 0 Å². The first-order valence-electron chi connectivity index (χ1n) is 3.99. The van der Waals surface area contributed by atoms with Crippen LogP contribution in [0.5, 0.6) is 0 Å². The zero-order chi connectivity index (χ0) is 9.84. The molecule has 1 aromatic carbocycles. The Morgan fingerprint density at radius 1 is 1.23 bits per heavy atom. The van der Waals surface area contributed by atoms with Gasteiger partial charge in [0.15, 0.2) is 5.78 Å². The van der Waals surface area contributed by atoms with Gasteiger partial charge in [-0.1, -0.05) is 30.8 Å². The predicted octanol–water partition coefficient (Wildman–Crippen LogP) is 2.51. The van der Waals surface area contributed by atoms with Crippen LogP contribution in [-0.2, 0) is 4.74 Å². The molecular weight excluding hydrogens is 164 g/mol. The van der Waals surface area contributed by atoms with Gasteiger partial charge >= 0.3 is 0 Å². The molecule has 68 valence electrons. The molecule has 0 aliphatic carbocycles. The first kappa shape index (κ1) is 9.52. The fourth-order valence-electron chi connectivity index (χ4n) is 1.01. The second-order valence-electron chi connectivity index (χ2n) is 2.76. The van der Waals surface area contributed by atoms with Gasteiger partial charge in [0.25, 0.3) is 0 Å². The zero-order valence-corrected chi connectivity index (χ0v) is 7.83. The van der Waals surface area contributed by atoms with Crippen molar-refractivity contribution >= 4 is 11.5 Å². The third kappa shape index (κ3) is 2.18. The van der Waals surface area contributed by atoms with E-state index in [9.17, 15) is 4.79 Å². The Morgan fingerprint density at radius 3 is 2.08 bits per heavy atom. The molecule has 0 spiro atoms. The molecule has 0 saturated heterocycles. The average molecular weight is 176 g/mol. The lowest BCUT2D eigenvalue weighted by molar-refractivity contribution is 0.101. The number of carbonyl (C=O) groups is 1. The van der Waals surface area contributed by atoms with Crippen molar-refractivity contribution in [2.45, 2.75) is 6.92 Å². The molecule has 0 amide bonds. The highest BCUT2D eigenvalue weighted by atomic mass is 16.5. The molecule has 0 atom stereocenters. The van der Waals surface area contributed by atoms with Gasteiger partial charge in [-0.05, 0) is 6.92 Å². The van der Waals surface area contributed by atoms with Crippen molar-refractivity contribution in [3.63, 3.8) is 0 Å². The fourth-order valence-corrected chi connectivity index (χ4v) is 1.01. The molecule has 13 heavy (non-hydrogen) atoms. The summed E-state index contributed by atoms with van der Waals surface area (Å²) in [5, 5.41) is 0. The van der Waals surface area contributed by atoms with E-state index in [-0.39, 0.29) is 5.78 Å². The molecule has 2 nitrogen and oxygen atoms in total. The summed E-state index contributed by atoms with van der Waals surface area (Å²) in [5.74, 6) is 0.671. The lowest BCUT2D eigenvalue weighted by Gasteiger charge is -2.03. The van der Waals surface area contributed by atoms with Crippen LogP contribution in [0.4, 0.5) is 0 Å². The molecule has 0 unspecified atom stereocenters. The fraction of sp³-hybridized carbons (Fsp3) is 0.182. The number of benzene rings is 1. The lowest BCUT2D eigenvalue weighted by atomic mass is 10.1. The molecule has 0 aliphatic rings. The maximum atomic E-state index is 10.9. The first-order chi connectivity index (χ1) is 6.15. The Bertz CT molecular complexity index is 322. The van der Waals surface area contributed by atoms with E-state index in [0.717, 1.165) is 5.56 Å². The zero-order valence-electron chi connectivity index (χ0n) is 7.83. The van der Waals surface area contributed by atoms with Gasteiger partial charge in [-0.15, -0.1) is 0 Å². The molecule has 0 aromatic heterocycles. The monoisotopic (exact) mass is 176 g/mol. The molecule has 1 aromatic rings. The summed E-state index contributed by atoms with van der Waals surface area (Å²) in [6.45, 7) is 5.25. The highest BCUT2D eigenvalue weighted by Gasteiger charge is 2.00. The van der Waals surface area contributed by atoms with E-state index in [1.807, 2.05) is 12.1 Å². The quantitative estimate of drug-likeness (QED) is 0.522. The van der Waals surface area contributed by atoms with Crippen LogP contribution in [-0.4, -0.2) is 12.9 Å². The summed E-state index contributed by atoms with van der Waals surface area (Å²) in [5.41, 5.74) is 1.60. The van der Waals surface area contributed by atoms with E-state index in [1.54, 1.807) is 26.2 Å². The van der Waals surface area contributed by atoms with Gasteiger partial charge in [-0.3, -0.25) is 4.79 Å². The van der Waals surface area contributed by atoms with Gasteiger partial charge in [0, 0.05) is 11.1 Å². The van der Waals surface area contributed by atoms with Crippen LogP contribution >= 0.6 is 0 Å². The number of Topliss-reactive ketones (excluding diaryl/α,β-unsaturated/α-hetero) is 1. The number of ketones is 1. The predicted molar refractivity (Wildman–Crippen MR) is 52.5 cm³/mol. The Kier molecular flexibility index (Phi) is 2.85. The molecule has 0 aliphatic heterocycles. The van der Waals surface area contributed by atoms with Crippen LogP contribution in [0.25, 0.3) is 5.76 Å². The van der Waals surface area contributed by atoms with E-state index >= 15 is 0 Å². The van der Waals surface area contributed by atoms with Crippen molar-refractivity contribution in [2.24, 2.45) is 0 Å². The van der Waals surface area contributed by atoms with Crippen molar-refractivity contribution in [1.29, 1.82) is 0 Å². The summed E-state index contributed by atoms with van der Waals surface area (Å²) in [6, 6.07) is 7.18. The van der Waals surface area contributed by atoms with E-state index in [4.69, 9.17) is 4.74 Å². The van der Waals surface area contributed by atoms with E-state index in [0.29, 0.717) is 11.3 Å². The van der Waals surface area contributed by atoms with Gasteiger partial charge < -0.3 is 4.74 Å². The van der Waals surface area contributed by atoms with Gasteiger partial charge in [-0.2, -0.15) is 0 Å². The first-order valence-corrected chi connectivity index (χ1v) is 3.99. The summed E-state index contributed by atoms with van der Waals surface area (Å²) in [6.07, 6.45) is 0. The molecule has 0 N–H and O–H groups in total. The van der Waals surface area contributed by atoms with Gasteiger partial charge in [0.05, 0.1) is 7.11 Å². The molecule has 0 saturated carbocycles. The number of ether oxygens (including phenoxy) is 1. The average Bonchev–Trinajstić information content (AvgIpc) is 2.17. The summed E-state index contributed by atoms with van der Waals surface area (Å²) in [7, 11) is 1.57. The molecule has 0 bridgehead atoms. The topological polar surface area (TPSA) is 26.3 Å². The van der Waals surface area contributed by atoms with Crippen LogP contribution in [0.3, 0.4) is 0 Å². The van der Waals surface area contributed by atoms with Gasteiger partial charge in [0.2, 0.25) is 0 Å². The Morgan fingerprint density at radius 2 is 1.69 bits per heavy atom. The Balaban J connectivity index is 2.93. The number of methoxy groups -OCH3 is 1. The number of rotatable bonds is 3. The van der Waals surface area contributed by atoms with Crippen molar-refractivity contribution < 1.29 is 9.53 Å². The lowest BCUT2D eigenvalue weighted by Crippen LogP contribution is -1.92.